The van der Waals surface area contributed by atoms with Gasteiger partial charge in [0.1, 0.15) is 24.4 Å². The Kier molecular flexibility index (Phi) is 6.14. The molecule has 0 amide bonds. The summed E-state index contributed by atoms with van der Waals surface area (Å²) >= 11 is 1.05. The first kappa shape index (κ1) is 22.9. The standard InChI is InChI=1S/C21H20F3NO6S/c22-21(23,24)16-11-4-3-10(25-17-19(29)18(28)13(8-26)31-20(17)30)6-9(11)7-12(27)15(16)14-2-1-5-32-14/h1-6,13,17-20,25-26,28-30H,7-8H2/t13?,17?,18-,19-,20-/m0/s1. The van der Waals surface area contributed by atoms with Crippen LogP contribution >= 0.6 is 11.3 Å². The maximum absolute atomic E-state index is 14.0. The quantitative estimate of drug-likeness (QED) is 0.459. The second-order valence-corrected chi connectivity index (χ2v) is 8.54. The zero-order valence-corrected chi connectivity index (χ0v) is 17.2. The molecular formula is C21H20F3NO6S. The summed E-state index contributed by atoms with van der Waals surface area (Å²) in [6.07, 6.45) is -10.8. The first-order valence-corrected chi connectivity index (χ1v) is 10.6. The van der Waals surface area contributed by atoms with Crippen molar-refractivity contribution in [1.82, 2.24) is 0 Å². The number of hydrogen-bond donors (Lipinski definition) is 5. The van der Waals surface area contributed by atoms with Crippen LogP contribution in [0.15, 0.2) is 35.7 Å². The summed E-state index contributed by atoms with van der Waals surface area (Å²) in [5, 5.41) is 43.9. The van der Waals surface area contributed by atoms with Gasteiger partial charge < -0.3 is 30.5 Å². The van der Waals surface area contributed by atoms with E-state index in [-0.39, 0.29) is 33.7 Å². The molecule has 4 rings (SSSR count). The number of hydrogen-bond acceptors (Lipinski definition) is 8. The third-order valence-corrected chi connectivity index (χ3v) is 6.43. The van der Waals surface area contributed by atoms with Gasteiger partial charge in [-0.1, -0.05) is 12.1 Å². The topological polar surface area (TPSA) is 119 Å². The van der Waals surface area contributed by atoms with E-state index in [0.29, 0.717) is 0 Å². The molecule has 1 saturated heterocycles. The maximum atomic E-state index is 14.0. The van der Waals surface area contributed by atoms with Crippen molar-refractivity contribution >= 4 is 34.0 Å². The van der Waals surface area contributed by atoms with Crippen molar-refractivity contribution in [2.45, 2.75) is 43.2 Å². The molecule has 1 aliphatic carbocycles. The van der Waals surface area contributed by atoms with Gasteiger partial charge in [-0.05, 0) is 34.7 Å². The van der Waals surface area contributed by atoms with Gasteiger partial charge >= 0.3 is 6.18 Å². The van der Waals surface area contributed by atoms with Crippen LogP contribution in [-0.2, 0) is 16.0 Å². The summed E-state index contributed by atoms with van der Waals surface area (Å²) in [4.78, 5) is 12.9. The lowest BCUT2D eigenvalue weighted by Crippen LogP contribution is -2.61. The molecule has 0 saturated carbocycles. The molecule has 1 aromatic carbocycles. The van der Waals surface area contributed by atoms with Crippen LogP contribution in [0, 0.1) is 0 Å². The van der Waals surface area contributed by atoms with E-state index in [1.54, 1.807) is 11.4 Å². The molecule has 2 aliphatic rings. The molecule has 5 N–H and O–H groups in total. The first-order valence-electron chi connectivity index (χ1n) is 9.70. The fourth-order valence-electron chi connectivity index (χ4n) is 4.03. The number of Topliss-reactive ketones (excluding diaryl/α,β-unsaturated/α-hetero) is 1. The Balaban J connectivity index is 1.69. The fourth-order valence-corrected chi connectivity index (χ4v) is 4.82. The van der Waals surface area contributed by atoms with Gasteiger partial charge in [-0.3, -0.25) is 4.79 Å². The van der Waals surface area contributed by atoms with E-state index in [9.17, 15) is 33.3 Å². The van der Waals surface area contributed by atoms with Crippen LogP contribution < -0.4 is 5.32 Å². The molecule has 172 valence electrons. The summed E-state index contributed by atoms with van der Waals surface area (Å²) < 4.78 is 47.0. The van der Waals surface area contributed by atoms with Crippen LogP contribution in [0.5, 0.6) is 0 Å². The minimum Gasteiger partial charge on any atom is -0.394 e. The van der Waals surface area contributed by atoms with Crippen molar-refractivity contribution in [2.75, 3.05) is 11.9 Å². The van der Waals surface area contributed by atoms with E-state index in [1.807, 2.05) is 0 Å². The SMILES string of the molecule is O=C1Cc2cc(NC3[C@@H](O)OC(CO)[C@H](O)[C@H]3O)ccc2C(C(F)(F)F)=C1c1cccs1. The molecule has 1 fully saturated rings. The van der Waals surface area contributed by atoms with Crippen molar-refractivity contribution < 1.29 is 43.1 Å². The average molecular weight is 471 g/mol. The summed E-state index contributed by atoms with van der Waals surface area (Å²) in [5.74, 6) is -0.660. The minimum atomic E-state index is -4.76. The van der Waals surface area contributed by atoms with E-state index in [4.69, 9.17) is 9.84 Å². The largest absolute Gasteiger partial charge is 0.417 e. The van der Waals surface area contributed by atoms with E-state index in [0.717, 1.165) is 11.3 Å². The Bertz CT molecular complexity index is 1040. The lowest BCUT2D eigenvalue weighted by molar-refractivity contribution is -0.245. The zero-order valence-electron chi connectivity index (χ0n) is 16.4. The number of allylic oxidation sites excluding steroid dienone is 2. The van der Waals surface area contributed by atoms with E-state index >= 15 is 0 Å². The molecule has 2 unspecified atom stereocenters. The number of thiophene rings is 1. The smallest absolute Gasteiger partial charge is 0.394 e. The van der Waals surface area contributed by atoms with Gasteiger partial charge in [0.05, 0.1) is 12.2 Å². The number of benzene rings is 1. The highest BCUT2D eigenvalue weighted by Crippen LogP contribution is 2.46. The highest BCUT2D eigenvalue weighted by atomic mass is 32.1. The monoisotopic (exact) mass is 471 g/mol. The Labute approximate surface area is 184 Å². The number of alkyl halides is 3. The number of carbonyl (C=O) groups excluding carboxylic acids is 1. The van der Waals surface area contributed by atoms with Crippen molar-refractivity contribution in [3.05, 3.63) is 51.7 Å². The van der Waals surface area contributed by atoms with Crippen molar-refractivity contribution in [2.24, 2.45) is 0 Å². The van der Waals surface area contributed by atoms with Crippen LogP contribution in [-0.4, -0.2) is 69.6 Å². The summed E-state index contributed by atoms with van der Waals surface area (Å²) in [7, 11) is 0. The molecule has 1 aromatic heterocycles. The number of fused-ring (bicyclic) bond motifs is 1. The maximum Gasteiger partial charge on any atom is 0.417 e. The van der Waals surface area contributed by atoms with Crippen molar-refractivity contribution in [3.8, 4) is 0 Å². The van der Waals surface area contributed by atoms with Crippen LogP contribution in [0.25, 0.3) is 11.1 Å². The number of aliphatic hydroxyl groups excluding tert-OH is 4. The third kappa shape index (κ3) is 4.07. The molecule has 32 heavy (non-hydrogen) atoms. The molecule has 5 atom stereocenters. The second-order valence-electron chi connectivity index (χ2n) is 7.60. The van der Waals surface area contributed by atoms with Gasteiger partial charge in [-0.2, -0.15) is 13.2 Å². The van der Waals surface area contributed by atoms with E-state index in [2.05, 4.69) is 5.32 Å². The molecule has 7 nitrogen and oxygen atoms in total. The molecule has 2 heterocycles. The Morgan fingerprint density at radius 2 is 1.91 bits per heavy atom. The normalized spacial score (nSPS) is 28.6. The predicted molar refractivity (Wildman–Crippen MR) is 110 cm³/mol. The van der Waals surface area contributed by atoms with Crippen LogP contribution in [0.3, 0.4) is 0 Å². The molecule has 0 radical (unpaired) electrons. The number of ether oxygens (including phenoxy) is 1. The third-order valence-electron chi connectivity index (χ3n) is 5.54. The number of rotatable bonds is 4. The van der Waals surface area contributed by atoms with Gasteiger partial charge in [0.25, 0.3) is 0 Å². The second kappa shape index (κ2) is 8.58. The van der Waals surface area contributed by atoms with E-state index in [1.165, 1.54) is 24.3 Å². The molecule has 1 aliphatic heterocycles. The number of aliphatic hydroxyl groups is 4. The molecule has 11 heteroatoms. The predicted octanol–water partition coefficient (Wildman–Crippen LogP) is 1.56. The molecule has 0 spiro atoms. The van der Waals surface area contributed by atoms with E-state index < -0.39 is 54.8 Å². The van der Waals surface area contributed by atoms with Gasteiger partial charge in [0, 0.05) is 22.6 Å². The molecule has 2 aromatic rings. The van der Waals surface area contributed by atoms with Crippen molar-refractivity contribution in [1.29, 1.82) is 0 Å². The van der Waals surface area contributed by atoms with Gasteiger partial charge in [0.2, 0.25) is 0 Å². The molecule has 0 bridgehead atoms. The Hall–Kier alpha value is -2.28. The van der Waals surface area contributed by atoms with Gasteiger partial charge in [-0.15, -0.1) is 11.3 Å². The lowest BCUT2D eigenvalue weighted by Gasteiger charge is -2.40. The Morgan fingerprint density at radius 3 is 2.53 bits per heavy atom. The fraction of sp³-hybridized carbons (Fsp3) is 0.381. The van der Waals surface area contributed by atoms with Crippen molar-refractivity contribution in [3.63, 3.8) is 0 Å². The highest BCUT2D eigenvalue weighted by Gasteiger charge is 2.45. The minimum absolute atomic E-state index is 0.118. The summed E-state index contributed by atoms with van der Waals surface area (Å²) in [6, 6.07) is 5.74. The Morgan fingerprint density at radius 1 is 1.16 bits per heavy atom. The number of anilines is 1. The van der Waals surface area contributed by atoms with Gasteiger partial charge in [0.15, 0.2) is 12.1 Å². The summed E-state index contributed by atoms with van der Waals surface area (Å²) in [5.41, 5.74) is -1.11. The summed E-state index contributed by atoms with van der Waals surface area (Å²) in [6.45, 7) is -0.623. The number of nitrogens with one attached hydrogen (secondary N) is 1. The van der Waals surface area contributed by atoms with Gasteiger partial charge in [-0.25, -0.2) is 0 Å². The first-order chi connectivity index (χ1) is 15.1. The number of halogens is 3. The zero-order chi connectivity index (χ0) is 23.2. The number of ketones is 1. The van der Waals surface area contributed by atoms with Crippen LogP contribution in [0.4, 0.5) is 18.9 Å². The van der Waals surface area contributed by atoms with Crippen LogP contribution in [0.1, 0.15) is 16.0 Å². The lowest BCUT2D eigenvalue weighted by atomic mass is 9.83. The molecular weight excluding hydrogens is 451 g/mol. The number of carbonyl (C=O) groups is 1. The van der Waals surface area contributed by atoms with Crippen LogP contribution in [0.2, 0.25) is 0 Å². The highest BCUT2D eigenvalue weighted by molar-refractivity contribution is 7.11. The average Bonchev–Trinajstić information content (AvgIpc) is 3.26.